The molecule has 2 rings (SSSR count). The van der Waals surface area contributed by atoms with Crippen molar-refractivity contribution in [2.24, 2.45) is 0 Å². The Morgan fingerprint density at radius 1 is 1.05 bits per heavy atom. The van der Waals surface area contributed by atoms with E-state index >= 15 is 0 Å². The molecule has 0 aromatic heterocycles. The van der Waals surface area contributed by atoms with Crippen molar-refractivity contribution in [2.75, 3.05) is 5.32 Å². The molecule has 2 nitrogen and oxygen atoms in total. The largest absolute Gasteiger partial charge is 0.435 e. The van der Waals surface area contributed by atoms with Gasteiger partial charge >= 0.3 is 6.61 Å². The molecule has 1 N–H and O–H groups in total. The van der Waals surface area contributed by atoms with Crippen LogP contribution in [0.15, 0.2) is 42.5 Å². The Hall–Kier alpha value is -2.17. The van der Waals surface area contributed by atoms with E-state index < -0.39 is 6.61 Å². The molecule has 0 aliphatic carbocycles. The number of ether oxygens (including phenoxy) is 1. The van der Waals surface area contributed by atoms with Gasteiger partial charge in [0.1, 0.15) is 11.6 Å². The Morgan fingerprint density at radius 2 is 1.71 bits per heavy atom. The average Bonchev–Trinajstić information content (AvgIpc) is 2.42. The molecule has 1 atom stereocenters. The van der Waals surface area contributed by atoms with E-state index in [1.54, 1.807) is 18.2 Å². The van der Waals surface area contributed by atoms with Gasteiger partial charge in [0, 0.05) is 11.7 Å². The zero-order chi connectivity index (χ0) is 15.4. The summed E-state index contributed by atoms with van der Waals surface area (Å²) in [6.45, 7) is 0.928. The van der Waals surface area contributed by atoms with Gasteiger partial charge in [-0.2, -0.15) is 8.78 Å². The number of anilines is 1. The van der Waals surface area contributed by atoms with E-state index in [0.717, 1.165) is 16.8 Å². The Labute approximate surface area is 121 Å². The van der Waals surface area contributed by atoms with Crippen LogP contribution in [0.3, 0.4) is 0 Å². The lowest BCUT2D eigenvalue weighted by atomic mass is 10.1. The van der Waals surface area contributed by atoms with Gasteiger partial charge in [0.15, 0.2) is 0 Å². The molecular formula is C16H16F3NO. The fourth-order valence-corrected chi connectivity index (χ4v) is 2.04. The molecule has 21 heavy (non-hydrogen) atoms. The van der Waals surface area contributed by atoms with Crippen molar-refractivity contribution >= 4 is 5.69 Å². The second-order valence-electron chi connectivity index (χ2n) is 4.77. The molecule has 0 radical (unpaired) electrons. The molecule has 1 unspecified atom stereocenters. The maximum atomic E-state index is 13.1. The molecule has 5 heteroatoms. The molecule has 0 heterocycles. The van der Waals surface area contributed by atoms with E-state index in [9.17, 15) is 13.2 Å². The van der Waals surface area contributed by atoms with E-state index in [0.29, 0.717) is 0 Å². The van der Waals surface area contributed by atoms with Crippen LogP contribution in [0.25, 0.3) is 0 Å². The summed E-state index contributed by atoms with van der Waals surface area (Å²) in [7, 11) is 0. The summed E-state index contributed by atoms with van der Waals surface area (Å²) >= 11 is 0. The highest BCUT2D eigenvalue weighted by Gasteiger charge is 2.09. The van der Waals surface area contributed by atoms with Gasteiger partial charge in [0.25, 0.3) is 0 Å². The normalized spacial score (nSPS) is 12.3. The van der Waals surface area contributed by atoms with Crippen molar-refractivity contribution in [1.82, 2.24) is 0 Å². The van der Waals surface area contributed by atoms with Crippen LogP contribution in [0.1, 0.15) is 24.1 Å². The van der Waals surface area contributed by atoms with E-state index in [4.69, 9.17) is 0 Å². The molecule has 0 aliphatic rings. The van der Waals surface area contributed by atoms with Crippen molar-refractivity contribution < 1.29 is 17.9 Å². The maximum Gasteiger partial charge on any atom is 0.387 e. The zero-order valence-electron chi connectivity index (χ0n) is 11.7. The zero-order valence-corrected chi connectivity index (χ0v) is 11.7. The van der Waals surface area contributed by atoms with Gasteiger partial charge in [-0.3, -0.25) is 0 Å². The van der Waals surface area contributed by atoms with Crippen molar-refractivity contribution in [3.8, 4) is 5.75 Å². The van der Waals surface area contributed by atoms with Gasteiger partial charge < -0.3 is 10.1 Å². The van der Waals surface area contributed by atoms with Gasteiger partial charge in [-0.25, -0.2) is 4.39 Å². The number of nitrogens with one attached hydrogen (secondary N) is 1. The first kappa shape index (κ1) is 15.2. The smallest absolute Gasteiger partial charge is 0.387 e. The Morgan fingerprint density at radius 3 is 2.29 bits per heavy atom. The van der Waals surface area contributed by atoms with Crippen molar-refractivity contribution in [1.29, 1.82) is 0 Å². The molecule has 2 aromatic rings. The minimum Gasteiger partial charge on any atom is -0.435 e. The molecule has 0 spiro atoms. The molecule has 0 saturated heterocycles. The lowest BCUT2D eigenvalue weighted by molar-refractivity contribution is -0.0498. The molecule has 0 amide bonds. The first-order valence-corrected chi connectivity index (χ1v) is 6.53. The van der Waals surface area contributed by atoms with Crippen molar-refractivity contribution in [3.63, 3.8) is 0 Å². The van der Waals surface area contributed by atoms with Crippen LogP contribution in [0, 0.1) is 12.7 Å². The van der Waals surface area contributed by atoms with E-state index in [1.807, 2.05) is 13.8 Å². The summed E-state index contributed by atoms with van der Waals surface area (Å²) in [5, 5.41) is 3.26. The summed E-state index contributed by atoms with van der Waals surface area (Å²) in [5.74, 6) is -0.155. The number of halogens is 3. The fourth-order valence-electron chi connectivity index (χ4n) is 2.04. The first-order valence-electron chi connectivity index (χ1n) is 6.53. The summed E-state index contributed by atoms with van der Waals surface area (Å²) in [4.78, 5) is 0. The van der Waals surface area contributed by atoms with Gasteiger partial charge in [-0.05, 0) is 55.3 Å². The molecule has 112 valence electrons. The molecule has 0 fully saturated rings. The Bertz CT molecular complexity index is 599. The highest BCUT2D eigenvalue weighted by atomic mass is 19.3. The topological polar surface area (TPSA) is 21.3 Å². The molecule has 0 aliphatic heterocycles. The lowest BCUT2D eigenvalue weighted by Crippen LogP contribution is -2.08. The van der Waals surface area contributed by atoms with Gasteiger partial charge in [0.05, 0.1) is 0 Å². The quantitative estimate of drug-likeness (QED) is 0.846. The molecule has 2 aromatic carbocycles. The van der Waals surface area contributed by atoms with E-state index in [1.165, 1.54) is 24.3 Å². The second-order valence-corrected chi connectivity index (χ2v) is 4.77. The Kier molecular flexibility index (Phi) is 4.73. The van der Waals surface area contributed by atoms with Gasteiger partial charge in [-0.1, -0.05) is 12.1 Å². The van der Waals surface area contributed by atoms with E-state index in [-0.39, 0.29) is 17.6 Å². The fraction of sp³-hybridized carbons (Fsp3) is 0.250. The van der Waals surface area contributed by atoms with Crippen LogP contribution < -0.4 is 10.1 Å². The molecular weight excluding hydrogens is 279 g/mol. The van der Waals surface area contributed by atoms with Crippen LogP contribution in [0.4, 0.5) is 18.9 Å². The van der Waals surface area contributed by atoms with Gasteiger partial charge in [0.2, 0.25) is 0 Å². The highest BCUT2D eigenvalue weighted by Crippen LogP contribution is 2.24. The third-order valence-corrected chi connectivity index (χ3v) is 3.17. The van der Waals surface area contributed by atoms with Crippen LogP contribution in [0.2, 0.25) is 0 Å². The monoisotopic (exact) mass is 295 g/mol. The summed E-state index contributed by atoms with van der Waals surface area (Å²) < 4.78 is 41.5. The van der Waals surface area contributed by atoms with Crippen LogP contribution in [0.5, 0.6) is 5.75 Å². The standard InChI is InChI=1S/C16H16F3NO/c1-10-9-13(17)5-8-15(10)20-11(2)12-3-6-14(7-4-12)21-16(18)19/h3-9,11,16,20H,1-2H3. The average molecular weight is 295 g/mol. The van der Waals surface area contributed by atoms with Crippen LogP contribution >= 0.6 is 0 Å². The molecule has 0 saturated carbocycles. The SMILES string of the molecule is Cc1cc(F)ccc1NC(C)c1ccc(OC(F)F)cc1. The minimum absolute atomic E-state index is 0.0465. The molecule has 0 bridgehead atoms. The van der Waals surface area contributed by atoms with E-state index in [2.05, 4.69) is 10.1 Å². The first-order chi connectivity index (χ1) is 9.95. The van der Waals surface area contributed by atoms with Crippen LogP contribution in [-0.4, -0.2) is 6.61 Å². The third kappa shape index (κ3) is 4.15. The highest BCUT2D eigenvalue weighted by molar-refractivity contribution is 5.52. The predicted molar refractivity (Wildman–Crippen MR) is 76.2 cm³/mol. The third-order valence-electron chi connectivity index (χ3n) is 3.17. The lowest BCUT2D eigenvalue weighted by Gasteiger charge is -2.18. The minimum atomic E-state index is -2.83. The number of hydrogen-bond donors (Lipinski definition) is 1. The number of hydrogen-bond acceptors (Lipinski definition) is 2. The van der Waals surface area contributed by atoms with Crippen molar-refractivity contribution in [2.45, 2.75) is 26.5 Å². The van der Waals surface area contributed by atoms with Crippen LogP contribution in [-0.2, 0) is 0 Å². The maximum absolute atomic E-state index is 13.1. The van der Waals surface area contributed by atoms with Gasteiger partial charge in [-0.15, -0.1) is 0 Å². The van der Waals surface area contributed by atoms with Crippen molar-refractivity contribution in [3.05, 3.63) is 59.4 Å². The Balaban J connectivity index is 2.07. The summed E-state index contributed by atoms with van der Waals surface area (Å²) in [5.41, 5.74) is 2.55. The number of alkyl halides is 2. The number of benzene rings is 2. The predicted octanol–water partition coefficient (Wildman–Crippen LogP) is 4.91. The number of aryl methyl sites for hydroxylation is 1. The number of rotatable bonds is 5. The second kappa shape index (κ2) is 6.52. The summed E-state index contributed by atoms with van der Waals surface area (Å²) in [6, 6.07) is 10.9. The summed E-state index contributed by atoms with van der Waals surface area (Å²) in [6.07, 6.45) is 0.